The van der Waals surface area contributed by atoms with E-state index in [2.05, 4.69) is 5.32 Å². The van der Waals surface area contributed by atoms with Crippen molar-refractivity contribution in [2.75, 3.05) is 19.7 Å². The Bertz CT molecular complexity index is 623. The highest BCUT2D eigenvalue weighted by Crippen LogP contribution is 2.38. The van der Waals surface area contributed by atoms with Gasteiger partial charge in [0, 0.05) is 13.0 Å². The highest BCUT2D eigenvalue weighted by atomic mass is 35.5. The Balaban J connectivity index is 0.00000392. The molecule has 0 spiro atoms. The number of hydrogen-bond donors (Lipinski definition) is 3. The molecule has 0 bridgehead atoms. The topological polar surface area (TPSA) is 84.6 Å². The minimum atomic E-state index is -4.45. The molecule has 1 atom stereocenters. The molecule has 1 fully saturated rings. The van der Waals surface area contributed by atoms with E-state index < -0.39 is 17.8 Å². The van der Waals surface area contributed by atoms with Crippen molar-refractivity contribution in [2.24, 2.45) is 11.1 Å². The molecular formula is C19H28ClF3N2O3. The van der Waals surface area contributed by atoms with Crippen LogP contribution in [0, 0.1) is 5.41 Å². The average Bonchev–Trinajstić information content (AvgIpc) is 2.65. The minimum absolute atomic E-state index is 0. The van der Waals surface area contributed by atoms with Gasteiger partial charge in [-0.2, -0.15) is 13.2 Å². The summed E-state index contributed by atoms with van der Waals surface area (Å²) in [5.41, 5.74) is 4.89. The molecule has 1 aliphatic carbocycles. The molecule has 9 heteroatoms. The summed E-state index contributed by atoms with van der Waals surface area (Å²) in [7, 11) is 0. The number of carbonyl (C=O) groups excluding carboxylic acids is 1. The number of hydrogen-bond acceptors (Lipinski definition) is 4. The zero-order valence-electron chi connectivity index (χ0n) is 15.6. The van der Waals surface area contributed by atoms with Crippen molar-refractivity contribution < 1.29 is 27.8 Å². The lowest BCUT2D eigenvalue weighted by atomic mass is 9.71. The van der Waals surface area contributed by atoms with Crippen LogP contribution in [-0.2, 0) is 11.0 Å². The number of aliphatic hydroxyl groups excluding tert-OH is 1. The van der Waals surface area contributed by atoms with Gasteiger partial charge in [-0.05, 0) is 43.0 Å². The van der Waals surface area contributed by atoms with Crippen molar-refractivity contribution in [3.63, 3.8) is 0 Å². The Morgan fingerprint density at radius 3 is 2.57 bits per heavy atom. The molecule has 0 heterocycles. The number of ether oxygens (including phenoxy) is 1. The monoisotopic (exact) mass is 424 g/mol. The molecule has 5 nitrogen and oxygen atoms in total. The van der Waals surface area contributed by atoms with E-state index in [1.54, 1.807) is 0 Å². The molecule has 28 heavy (non-hydrogen) atoms. The molecule has 0 aromatic heterocycles. The maximum Gasteiger partial charge on any atom is 0.416 e. The maximum absolute atomic E-state index is 12.7. The van der Waals surface area contributed by atoms with E-state index in [9.17, 15) is 23.1 Å². The van der Waals surface area contributed by atoms with E-state index in [1.807, 2.05) is 0 Å². The fourth-order valence-electron chi connectivity index (χ4n) is 3.40. The normalized spacial score (nSPS) is 17.3. The lowest BCUT2D eigenvalue weighted by molar-refractivity contribution is -0.137. The Kier molecular flexibility index (Phi) is 9.53. The number of carbonyl (C=O) groups is 1. The van der Waals surface area contributed by atoms with Crippen molar-refractivity contribution in [1.29, 1.82) is 0 Å². The van der Waals surface area contributed by atoms with E-state index in [4.69, 9.17) is 10.5 Å². The van der Waals surface area contributed by atoms with Gasteiger partial charge in [-0.3, -0.25) is 4.79 Å². The number of nitrogens with two attached hydrogens (primary N) is 1. The van der Waals surface area contributed by atoms with Crippen LogP contribution < -0.4 is 15.8 Å². The first-order valence-electron chi connectivity index (χ1n) is 9.19. The van der Waals surface area contributed by atoms with Gasteiger partial charge in [-0.15, -0.1) is 12.4 Å². The lowest BCUT2D eigenvalue weighted by Gasteiger charge is -2.35. The van der Waals surface area contributed by atoms with E-state index in [0.29, 0.717) is 13.0 Å². The molecule has 0 aliphatic heterocycles. The highest BCUT2D eigenvalue weighted by molar-refractivity contribution is 5.85. The van der Waals surface area contributed by atoms with Gasteiger partial charge < -0.3 is 20.9 Å². The largest absolute Gasteiger partial charge is 0.491 e. The predicted molar refractivity (Wildman–Crippen MR) is 102 cm³/mol. The maximum atomic E-state index is 12.7. The lowest BCUT2D eigenvalue weighted by Crippen LogP contribution is -2.41. The van der Waals surface area contributed by atoms with Crippen LogP contribution in [0.3, 0.4) is 0 Å². The summed E-state index contributed by atoms with van der Waals surface area (Å²) in [6.07, 6.45) is -0.000739. The van der Waals surface area contributed by atoms with Gasteiger partial charge in [0.25, 0.3) is 0 Å². The van der Waals surface area contributed by atoms with Crippen LogP contribution in [0.25, 0.3) is 0 Å². The number of aliphatic hydroxyl groups is 1. The smallest absolute Gasteiger partial charge is 0.416 e. The van der Waals surface area contributed by atoms with E-state index in [0.717, 1.165) is 44.2 Å². The SMILES string of the molecule is Cl.NCC1(CC(=O)NCC(O)COc2cccc(C(F)(F)F)c2)CCCCC1. The number of nitrogens with one attached hydrogen (secondary N) is 1. The third kappa shape index (κ3) is 7.48. The Labute approximate surface area is 169 Å². The van der Waals surface area contributed by atoms with Gasteiger partial charge in [0.2, 0.25) is 5.91 Å². The zero-order chi connectivity index (χ0) is 19.9. The molecule has 1 unspecified atom stereocenters. The van der Waals surface area contributed by atoms with Gasteiger partial charge in [-0.25, -0.2) is 0 Å². The number of rotatable bonds is 8. The Morgan fingerprint density at radius 1 is 1.29 bits per heavy atom. The first-order chi connectivity index (χ1) is 12.7. The van der Waals surface area contributed by atoms with Gasteiger partial charge in [0.05, 0.1) is 5.56 Å². The molecule has 1 aromatic carbocycles. The molecule has 1 aliphatic rings. The molecule has 160 valence electrons. The summed E-state index contributed by atoms with van der Waals surface area (Å²) in [6.45, 7) is 0.212. The molecule has 1 amide bonds. The van der Waals surface area contributed by atoms with Gasteiger partial charge in [0.15, 0.2) is 0 Å². The standard InChI is InChI=1S/C19H27F3N2O3.ClH/c20-19(21,22)14-5-4-6-16(9-14)27-12-15(25)11-24-17(26)10-18(13-23)7-2-1-3-8-18;/h4-6,9,15,25H,1-3,7-8,10-13,23H2,(H,24,26);1H. The third-order valence-electron chi connectivity index (χ3n) is 5.02. The molecule has 2 rings (SSSR count). The van der Waals surface area contributed by atoms with Crippen LogP contribution in [0.5, 0.6) is 5.75 Å². The second kappa shape index (κ2) is 10.9. The molecule has 0 saturated heterocycles. The first kappa shape index (κ1) is 24.5. The summed E-state index contributed by atoms with van der Waals surface area (Å²) >= 11 is 0. The molecule has 4 N–H and O–H groups in total. The van der Waals surface area contributed by atoms with Crippen molar-refractivity contribution in [3.05, 3.63) is 29.8 Å². The fraction of sp³-hybridized carbons (Fsp3) is 0.632. The first-order valence-corrected chi connectivity index (χ1v) is 9.19. The van der Waals surface area contributed by atoms with Crippen LogP contribution in [0.2, 0.25) is 0 Å². The van der Waals surface area contributed by atoms with Crippen molar-refractivity contribution in [3.8, 4) is 5.75 Å². The summed E-state index contributed by atoms with van der Waals surface area (Å²) in [4.78, 5) is 12.2. The van der Waals surface area contributed by atoms with Crippen LogP contribution in [0.1, 0.15) is 44.1 Å². The quantitative estimate of drug-likeness (QED) is 0.598. The van der Waals surface area contributed by atoms with E-state index in [-0.39, 0.29) is 42.6 Å². The van der Waals surface area contributed by atoms with E-state index in [1.165, 1.54) is 12.1 Å². The van der Waals surface area contributed by atoms with Crippen LogP contribution in [0.4, 0.5) is 13.2 Å². The Hall–Kier alpha value is -1.51. The number of benzene rings is 1. The number of alkyl halides is 3. The summed E-state index contributed by atoms with van der Waals surface area (Å²) in [5.74, 6) is -0.167. The van der Waals surface area contributed by atoms with Crippen molar-refractivity contribution in [2.45, 2.75) is 50.8 Å². The number of amides is 1. The van der Waals surface area contributed by atoms with Crippen molar-refractivity contribution >= 4 is 18.3 Å². The van der Waals surface area contributed by atoms with Gasteiger partial charge >= 0.3 is 6.18 Å². The zero-order valence-corrected chi connectivity index (χ0v) is 16.5. The summed E-state index contributed by atoms with van der Waals surface area (Å²) < 4.78 is 43.2. The van der Waals surface area contributed by atoms with Crippen molar-refractivity contribution in [1.82, 2.24) is 5.32 Å². The second-order valence-electron chi connectivity index (χ2n) is 7.24. The molecular weight excluding hydrogens is 397 g/mol. The molecule has 1 saturated carbocycles. The molecule has 0 radical (unpaired) electrons. The summed E-state index contributed by atoms with van der Waals surface area (Å²) in [5, 5.41) is 12.6. The van der Waals surface area contributed by atoms with Crippen LogP contribution in [0.15, 0.2) is 24.3 Å². The van der Waals surface area contributed by atoms with Crippen LogP contribution >= 0.6 is 12.4 Å². The Morgan fingerprint density at radius 2 is 1.96 bits per heavy atom. The predicted octanol–water partition coefficient (Wildman–Crippen LogP) is 3.28. The average molecular weight is 425 g/mol. The highest BCUT2D eigenvalue weighted by Gasteiger charge is 2.33. The number of halogens is 4. The van der Waals surface area contributed by atoms with Crippen LogP contribution in [-0.4, -0.2) is 36.8 Å². The molecule has 1 aromatic rings. The van der Waals surface area contributed by atoms with Gasteiger partial charge in [-0.1, -0.05) is 25.3 Å². The summed E-state index contributed by atoms with van der Waals surface area (Å²) in [6, 6.07) is 4.44. The second-order valence-corrected chi connectivity index (χ2v) is 7.24. The van der Waals surface area contributed by atoms with Gasteiger partial charge in [0.1, 0.15) is 18.5 Å². The minimum Gasteiger partial charge on any atom is -0.491 e. The third-order valence-corrected chi connectivity index (χ3v) is 5.02. The fourth-order valence-corrected chi connectivity index (χ4v) is 3.40. The van der Waals surface area contributed by atoms with E-state index >= 15 is 0 Å².